The maximum absolute atomic E-state index is 6.54. The van der Waals surface area contributed by atoms with Crippen molar-refractivity contribution in [2.45, 2.75) is 58.9 Å². The maximum atomic E-state index is 6.54. The molecule has 0 aliphatic heterocycles. The average molecular weight is 519 g/mol. The standard InChI is InChI=1S/C28H33Cl2N3.ClH/c1-6-19(2)21-9-14-24(15-10-21)33(18-20-7-11-22(12-8-20)28(3,4)5)27(31)32-23-13-16-25(29)26(30)17-23;/h7-17,19H,6,18H2,1-5H3,(H2,31,32);1H. The first kappa shape index (κ1) is 28.0. The predicted molar refractivity (Wildman–Crippen MR) is 151 cm³/mol. The van der Waals surface area contributed by atoms with Crippen LogP contribution in [-0.4, -0.2) is 5.96 Å². The van der Waals surface area contributed by atoms with Crippen LogP contribution in [0.25, 0.3) is 0 Å². The minimum absolute atomic E-state index is 0. The highest BCUT2D eigenvalue weighted by molar-refractivity contribution is 6.42. The second kappa shape index (κ2) is 12.0. The molecule has 0 aliphatic rings. The van der Waals surface area contributed by atoms with E-state index in [9.17, 15) is 0 Å². The van der Waals surface area contributed by atoms with Crippen LogP contribution in [-0.2, 0) is 12.0 Å². The summed E-state index contributed by atoms with van der Waals surface area (Å²) in [5.41, 5.74) is 12.1. The molecule has 0 saturated heterocycles. The van der Waals surface area contributed by atoms with Crippen molar-refractivity contribution in [2.24, 2.45) is 10.7 Å². The topological polar surface area (TPSA) is 41.6 Å². The summed E-state index contributed by atoms with van der Waals surface area (Å²) in [4.78, 5) is 6.66. The lowest BCUT2D eigenvalue weighted by molar-refractivity contribution is 0.590. The number of anilines is 1. The second-order valence-electron chi connectivity index (χ2n) is 9.50. The van der Waals surface area contributed by atoms with Gasteiger partial charge in [0.05, 0.1) is 22.3 Å². The fraction of sp³-hybridized carbons (Fsp3) is 0.321. The zero-order chi connectivity index (χ0) is 24.2. The van der Waals surface area contributed by atoms with E-state index in [1.54, 1.807) is 12.1 Å². The molecule has 1 atom stereocenters. The lowest BCUT2D eigenvalue weighted by atomic mass is 9.87. The summed E-state index contributed by atoms with van der Waals surface area (Å²) in [5, 5.41) is 0.943. The summed E-state index contributed by atoms with van der Waals surface area (Å²) in [5.74, 6) is 0.907. The molecule has 3 nitrogen and oxygen atoms in total. The fourth-order valence-corrected chi connectivity index (χ4v) is 3.86. The van der Waals surface area contributed by atoms with Crippen LogP contribution >= 0.6 is 35.6 Å². The Kier molecular flexibility index (Phi) is 9.87. The molecule has 3 rings (SSSR count). The highest BCUT2D eigenvalue weighted by atomic mass is 35.5. The molecular formula is C28H34Cl3N3. The van der Waals surface area contributed by atoms with Crippen LogP contribution in [0.5, 0.6) is 0 Å². The van der Waals surface area contributed by atoms with Gasteiger partial charge in [-0.2, -0.15) is 0 Å². The largest absolute Gasteiger partial charge is 0.369 e. The zero-order valence-corrected chi connectivity index (χ0v) is 22.8. The minimum atomic E-state index is 0. The predicted octanol–water partition coefficient (Wildman–Crippen LogP) is 8.88. The van der Waals surface area contributed by atoms with Gasteiger partial charge in [0.2, 0.25) is 5.96 Å². The average Bonchev–Trinajstić information content (AvgIpc) is 2.79. The van der Waals surface area contributed by atoms with E-state index in [0.717, 1.165) is 17.7 Å². The Balaban J connectivity index is 0.00000408. The quantitative estimate of drug-likeness (QED) is 0.261. The number of nitrogens with zero attached hydrogens (tertiary/aromatic N) is 2. The molecular weight excluding hydrogens is 485 g/mol. The Hall–Kier alpha value is -2.20. The third-order valence-corrected chi connectivity index (χ3v) is 6.71. The Morgan fingerprint density at radius 3 is 2.09 bits per heavy atom. The molecule has 6 heteroatoms. The van der Waals surface area contributed by atoms with Crippen LogP contribution in [0.15, 0.2) is 71.7 Å². The number of benzene rings is 3. The summed E-state index contributed by atoms with van der Waals surface area (Å²) in [7, 11) is 0. The number of aliphatic imine (C=N–C) groups is 1. The molecule has 3 aromatic carbocycles. The van der Waals surface area contributed by atoms with E-state index < -0.39 is 0 Å². The van der Waals surface area contributed by atoms with Gasteiger partial charge in [-0.1, -0.05) is 94.2 Å². The molecule has 0 fully saturated rings. The first-order valence-corrected chi connectivity index (χ1v) is 12.1. The number of hydrogen-bond donors (Lipinski definition) is 1. The number of guanidine groups is 1. The first-order valence-electron chi connectivity index (χ1n) is 11.3. The van der Waals surface area contributed by atoms with Crippen molar-refractivity contribution in [2.75, 3.05) is 4.90 Å². The van der Waals surface area contributed by atoms with Gasteiger partial charge in [0, 0.05) is 5.69 Å². The normalized spacial score (nSPS) is 12.7. The molecule has 2 N–H and O–H groups in total. The van der Waals surface area contributed by atoms with E-state index in [2.05, 4.69) is 88.1 Å². The summed E-state index contributed by atoms with van der Waals surface area (Å²) in [6.07, 6.45) is 1.10. The van der Waals surface area contributed by atoms with Gasteiger partial charge in [0.15, 0.2) is 0 Å². The first-order chi connectivity index (χ1) is 15.6. The van der Waals surface area contributed by atoms with E-state index in [-0.39, 0.29) is 17.8 Å². The van der Waals surface area contributed by atoms with Gasteiger partial charge in [-0.05, 0) is 64.8 Å². The summed E-state index contributed by atoms with van der Waals surface area (Å²) in [6.45, 7) is 11.7. The number of halogens is 3. The molecule has 0 radical (unpaired) electrons. The molecule has 0 spiro atoms. The third kappa shape index (κ3) is 7.15. The lowest BCUT2D eigenvalue weighted by Crippen LogP contribution is -2.36. The SMILES string of the molecule is CCC(C)c1ccc(N(Cc2ccc(C(C)(C)C)cc2)C(N)=Nc2ccc(Cl)c(Cl)c2)cc1.Cl. The summed E-state index contributed by atoms with van der Waals surface area (Å²) < 4.78 is 0. The lowest BCUT2D eigenvalue weighted by Gasteiger charge is -2.25. The smallest absolute Gasteiger partial charge is 0.201 e. The molecule has 3 aromatic rings. The summed E-state index contributed by atoms with van der Waals surface area (Å²) in [6, 6.07) is 22.5. The van der Waals surface area contributed by atoms with E-state index in [0.29, 0.717) is 34.2 Å². The highest BCUT2D eigenvalue weighted by Crippen LogP contribution is 2.28. The van der Waals surface area contributed by atoms with E-state index in [1.165, 1.54) is 11.1 Å². The van der Waals surface area contributed by atoms with E-state index in [4.69, 9.17) is 28.9 Å². The fourth-order valence-electron chi connectivity index (χ4n) is 3.56. The molecule has 0 heterocycles. The zero-order valence-electron chi connectivity index (χ0n) is 20.5. The minimum Gasteiger partial charge on any atom is -0.369 e. The molecule has 0 bridgehead atoms. The van der Waals surface area contributed by atoms with Crippen LogP contribution in [0.1, 0.15) is 63.6 Å². The monoisotopic (exact) mass is 517 g/mol. The van der Waals surface area contributed by atoms with Gasteiger partial charge >= 0.3 is 0 Å². The highest BCUT2D eigenvalue weighted by Gasteiger charge is 2.16. The van der Waals surface area contributed by atoms with Crippen LogP contribution in [0.4, 0.5) is 11.4 Å². The molecule has 0 aliphatic carbocycles. The van der Waals surface area contributed by atoms with Crippen molar-refractivity contribution >= 4 is 52.9 Å². The van der Waals surface area contributed by atoms with Gasteiger partial charge in [-0.3, -0.25) is 0 Å². The molecule has 1 unspecified atom stereocenters. The molecule has 0 amide bonds. The number of nitrogens with two attached hydrogens (primary N) is 1. The Morgan fingerprint density at radius 1 is 0.941 bits per heavy atom. The second-order valence-corrected chi connectivity index (χ2v) is 10.3. The van der Waals surface area contributed by atoms with Crippen LogP contribution < -0.4 is 10.6 Å². The molecule has 34 heavy (non-hydrogen) atoms. The van der Waals surface area contributed by atoms with Gasteiger partial charge in [0.1, 0.15) is 0 Å². The van der Waals surface area contributed by atoms with Gasteiger partial charge < -0.3 is 10.6 Å². The van der Waals surface area contributed by atoms with Crippen molar-refractivity contribution in [1.29, 1.82) is 0 Å². The van der Waals surface area contributed by atoms with Gasteiger partial charge in [-0.15, -0.1) is 12.4 Å². The molecule has 182 valence electrons. The summed E-state index contributed by atoms with van der Waals surface area (Å²) >= 11 is 12.2. The van der Waals surface area contributed by atoms with Gasteiger partial charge in [-0.25, -0.2) is 4.99 Å². The van der Waals surface area contributed by atoms with Gasteiger partial charge in [0.25, 0.3) is 0 Å². The third-order valence-electron chi connectivity index (χ3n) is 5.97. The number of rotatable bonds is 6. The maximum Gasteiger partial charge on any atom is 0.201 e. The van der Waals surface area contributed by atoms with Crippen molar-refractivity contribution in [1.82, 2.24) is 0 Å². The van der Waals surface area contributed by atoms with E-state index in [1.807, 2.05) is 11.0 Å². The molecule has 0 saturated carbocycles. The Bertz CT molecular complexity index is 1100. The molecule has 0 aromatic heterocycles. The Morgan fingerprint density at radius 2 is 1.56 bits per heavy atom. The van der Waals surface area contributed by atoms with Crippen LogP contribution in [0.3, 0.4) is 0 Å². The van der Waals surface area contributed by atoms with Crippen molar-refractivity contribution < 1.29 is 0 Å². The van der Waals surface area contributed by atoms with Crippen LogP contribution in [0.2, 0.25) is 10.0 Å². The van der Waals surface area contributed by atoms with Crippen molar-refractivity contribution in [3.8, 4) is 0 Å². The van der Waals surface area contributed by atoms with Crippen molar-refractivity contribution in [3.63, 3.8) is 0 Å². The van der Waals surface area contributed by atoms with Crippen LogP contribution in [0, 0.1) is 0 Å². The Labute approximate surface area is 220 Å². The number of hydrogen-bond acceptors (Lipinski definition) is 1. The van der Waals surface area contributed by atoms with Crippen molar-refractivity contribution in [3.05, 3.63) is 93.5 Å². The van der Waals surface area contributed by atoms with E-state index >= 15 is 0 Å².